The van der Waals surface area contributed by atoms with E-state index in [1.54, 1.807) is 31.2 Å². The Labute approximate surface area is 211 Å². The summed E-state index contributed by atoms with van der Waals surface area (Å²) in [4.78, 5) is 36.6. The molecule has 0 saturated heterocycles. The lowest BCUT2D eigenvalue weighted by molar-refractivity contribution is -0.136. The number of carbonyl (C=O) groups excluding carboxylic acids is 3. The van der Waals surface area contributed by atoms with E-state index in [0.717, 1.165) is 5.56 Å². The van der Waals surface area contributed by atoms with Crippen LogP contribution < -0.4 is 20.2 Å². The number of halogens is 2. The van der Waals surface area contributed by atoms with Crippen molar-refractivity contribution < 1.29 is 23.9 Å². The Hall–Kier alpha value is -3.88. The molecule has 0 atom stereocenters. The molecule has 0 radical (unpaired) electrons. The van der Waals surface area contributed by atoms with Crippen LogP contribution in [0, 0.1) is 6.92 Å². The number of anilines is 1. The molecule has 0 aromatic heterocycles. The second kappa shape index (κ2) is 12.0. The molecule has 0 heterocycles. The standard InChI is InChI=1S/C25H21Cl2N3O5/c1-3-34-22-12-16(8-11-21(22)35-25(33)18-10-9-17(26)13-19(18)27)14-28-30-24(32)23(31)29-20-7-5-4-6-15(20)2/h4-14H,3H2,1-2H3,(H,29,31)(H,30,32)/b28-14-. The second-order valence-corrected chi connectivity index (χ2v) is 7.96. The van der Waals surface area contributed by atoms with Gasteiger partial charge in [0.25, 0.3) is 0 Å². The molecule has 3 aromatic rings. The zero-order valence-electron chi connectivity index (χ0n) is 18.8. The van der Waals surface area contributed by atoms with Gasteiger partial charge in [0.05, 0.1) is 23.4 Å². The number of para-hydroxylation sites is 1. The first kappa shape index (κ1) is 25.7. The van der Waals surface area contributed by atoms with Gasteiger partial charge in [-0.15, -0.1) is 0 Å². The van der Waals surface area contributed by atoms with Gasteiger partial charge in [0.15, 0.2) is 11.5 Å². The summed E-state index contributed by atoms with van der Waals surface area (Å²) >= 11 is 11.9. The third kappa shape index (κ3) is 7.05. The van der Waals surface area contributed by atoms with E-state index < -0.39 is 17.8 Å². The summed E-state index contributed by atoms with van der Waals surface area (Å²) in [5, 5.41) is 6.88. The molecule has 0 unspecified atom stereocenters. The van der Waals surface area contributed by atoms with Crippen LogP contribution in [0.4, 0.5) is 5.69 Å². The minimum Gasteiger partial charge on any atom is -0.490 e. The van der Waals surface area contributed by atoms with Crippen molar-refractivity contribution in [1.82, 2.24) is 5.43 Å². The molecule has 0 bridgehead atoms. The van der Waals surface area contributed by atoms with Gasteiger partial charge < -0.3 is 14.8 Å². The smallest absolute Gasteiger partial charge is 0.345 e. The van der Waals surface area contributed by atoms with E-state index in [1.165, 1.54) is 30.5 Å². The molecule has 3 aromatic carbocycles. The number of benzene rings is 3. The molecule has 0 saturated carbocycles. The number of rotatable bonds is 7. The fourth-order valence-electron chi connectivity index (χ4n) is 2.88. The van der Waals surface area contributed by atoms with Crippen LogP contribution in [0.5, 0.6) is 11.5 Å². The predicted molar refractivity (Wildman–Crippen MR) is 135 cm³/mol. The number of hydrazone groups is 1. The molecule has 0 aliphatic rings. The van der Waals surface area contributed by atoms with Crippen LogP contribution in [-0.4, -0.2) is 30.6 Å². The number of amides is 2. The summed E-state index contributed by atoms with van der Waals surface area (Å²) in [6.45, 7) is 3.89. The van der Waals surface area contributed by atoms with Crippen molar-refractivity contribution in [3.63, 3.8) is 0 Å². The molecule has 2 amide bonds. The van der Waals surface area contributed by atoms with Gasteiger partial charge in [0.1, 0.15) is 0 Å². The third-order valence-corrected chi connectivity index (χ3v) is 5.15. The van der Waals surface area contributed by atoms with Crippen molar-refractivity contribution >= 4 is 52.9 Å². The first-order valence-electron chi connectivity index (χ1n) is 10.4. The molecule has 8 nitrogen and oxygen atoms in total. The Bertz CT molecular complexity index is 1290. The topological polar surface area (TPSA) is 106 Å². The van der Waals surface area contributed by atoms with Gasteiger partial charge >= 0.3 is 17.8 Å². The summed E-state index contributed by atoms with van der Waals surface area (Å²) in [6, 6.07) is 16.2. The van der Waals surface area contributed by atoms with E-state index in [4.69, 9.17) is 32.7 Å². The molecule has 0 fully saturated rings. The lowest BCUT2D eigenvalue weighted by atomic mass is 10.2. The van der Waals surface area contributed by atoms with Gasteiger partial charge in [-0.3, -0.25) is 9.59 Å². The number of hydrogen-bond donors (Lipinski definition) is 2. The van der Waals surface area contributed by atoms with Crippen molar-refractivity contribution in [2.24, 2.45) is 5.10 Å². The highest BCUT2D eigenvalue weighted by atomic mass is 35.5. The first-order valence-corrected chi connectivity index (χ1v) is 11.2. The molecule has 0 aliphatic carbocycles. The van der Waals surface area contributed by atoms with Gasteiger partial charge in [0.2, 0.25) is 0 Å². The van der Waals surface area contributed by atoms with Crippen LogP contribution in [0.15, 0.2) is 65.8 Å². The molecule has 10 heteroatoms. The maximum absolute atomic E-state index is 12.5. The average molecular weight is 514 g/mol. The van der Waals surface area contributed by atoms with Gasteiger partial charge in [0, 0.05) is 10.7 Å². The predicted octanol–water partition coefficient (Wildman–Crippen LogP) is 5.01. The molecule has 0 aliphatic heterocycles. The van der Waals surface area contributed by atoms with Gasteiger partial charge in [-0.2, -0.15) is 5.10 Å². The van der Waals surface area contributed by atoms with Crippen molar-refractivity contribution in [3.05, 3.63) is 87.4 Å². The van der Waals surface area contributed by atoms with Crippen LogP contribution in [0.1, 0.15) is 28.4 Å². The normalized spacial score (nSPS) is 10.6. The Morgan fingerprint density at radius 3 is 2.46 bits per heavy atom. The fraction of sp³-hybridized carbons (Fsp3) is 0.120. The van der Waals surface area contributed by atoms with E-state index in [9.17, 15) is 14.4 Å². The lowest BCUT2D eigenvalue weighted by Gasteiger charge is -2.12. The van der Waals surface area contributed by atoms with Crippen LogP contribution in [-0.2, 0) is 9.59 Å². The van der Waals surface area contributed by atoms with E-state index in [2.05, 4.69) is 15.8 Å². The van der Waals surface area contributed by atoms with E-state index in [-0.39, 0.29) is 22.1 Å². The highest BCUT2D eigenvalue weighted by Gasteiger charge is 2.17. The molecule has 3 rings (SSSR count). The maximum atomic E-state index is 12.5. The number of carbonyl (C=O) groups is 3. The number of esters is 1. The van der Waals surface area contributed by atoms with E-state index >= 15 is 0 Å². The number of aryl methyl sites for hydroxylation is 1. The zero-order chi connectivity index (χ0) is 25.4. The summed E-state index contributed by atoms with van der Waals surface area (Å²) < 4.78 is 11.0. The van der Waals surface area contributed by atoms with Crippen LogP contribution in [0.25, 0.3) is 0 Å². The van der Waals surface area contributed by atoms with Crippen molar-refractivity contribution in [3.8, 4) is 11.5 Å². The molecular formula is C25H21Cl2N3O5. The molecular weight excluding hydrogens is 493 g/mol. The average Bonchev–Trinajstić information content (AvgIpc) is 2.82. The number of nitrogens with zero attached hydrogens (tertiary/aromatic N) is 1. The first-order chi connectivity index (χ1) is 16.8. The Morgan fingerprint density at radius 1 is 0.971 bits per heavy atom. The molecule has 2 N–H and O–H groups in total. The number of nitrogens with one attached hydrogen (secondary N) is 2. The maximum Gasteiger partial charge on any atom is 0.345 e. The Morgan fingerprint density at radius 2 is 1.74 bits per heavy atom. The Kier molecular flexibility index (Phi) is 8.83. The van der Waals surface area contributed by atoms with Gasteiger partial charge in [-0.05, 0) is 67.4 Å². The van der Waals surface area contributed by atoms with Crippen molar-refractivity contribution in [1.29, 1.82) is 0 Å². The lowest BCUT2D eigenvalue weighted by Crippen LogP contribution is -2.32. The minimum absolute atomic E-state index is 0.149. The highest BCUT2D eigenvalue weighted by molar-refractivity contribution is 6.39. The highest BCUT2D eigenvalue weighted by Crippen LogP contribution is 2.30. The van der Waals surface area contributed by atoms with Gasteiger partial charge in [-0.25, -0.2) is 10.2 Å². The molecule has 0 spiro atoms. The number of hydrogen-bond acceptors (Lipinski definition) is 6. The number of ether oxygens (including phenoxy) is 2. The largest absolute Gasteiger partial charge is 0.490 e. The Balaban J connectivity index is 1.66. The minimum atomic E-state index is -0.931. The summed E-state index contributed by atoms with van der Waals surface area (Å²) in [7, 11) is 0. The van der Waals surface area contributed by atoms with Crippen LogP contribution >= 0.6 is 23.2 Å². The molecule has 35 heavy (non-hydrogen) atoms. The van der Waals surface area contributed by atoms with E-state index in [1.807, 2.05) is 19.1 Å². The molecule has 180 valence electrons. The summed E-state index contributed by atoms with van der Waals surface area (Å²) in [5.41, 5.74) is 4.19. The van der Waals surface area contributed by atoms with Crippen molar-refractivity contribution in [2.45, 2.75) is 13.8 Å². The third-order valence-electron chi connectivity index (χ3n) is 4.60. The quantitative estimate of drug-likeness (QED) is 0.152. The van der Waals surface area contributed by atoms with E-state index in [0.29, 0.717) is 22.9 Å². The monoisotopic (exact) mass is 513 g/mol. The second-order valence-electron chi connectivity index (χ2n) is 7.12. The van der Waals surface area contributed by atoms with Crippen molar-refractivity contribution in [2.75, 3.05) is 11.9 Å². The summed E-state index contributed by atoms with van der Waals surface area (Å²) in [5.74, 6) is -2.02. The summed E-state index contributed by atoms with van der Waals surface area (Å²) in [6.07, 6.45) is 1.32. The fourth-order valence-corrected chi connectivity index (χ4v) is 3.36. The SMILES string of the molecule is CCOc1cc(/C=N\NC(=O)C(=O)Nc2ccccc2C)ccc1OC(=O)c1ccc(Cl)cc1Cl. The van der Waals surface area contributed by atoms with Crippen LogP contribution in [0.2, 0.25) is 10.0 Å². The zero-order valence-corrected chi connectivity index (χ0v) is 20.3. The van der Waals surface area contributed by atoms with Gasteiger partial charge in [-0.1, -0.05) is 41.4 Å². The van der Waals surface area contributed by atoms with Crippen LogP contribution in [0.3, 0.4) is 0 Å².